The molecule has 1 atom stereocenters. The van der Waals surface area contributed by atoms with E-state index in [1.165, 1.54) is 0 Å². The van der Waals surface area contributed by atoms with E-state index in [-0.39, 0.29) is 11.6 Å². The van der Waals surface area contributed by atoms with Crippen LogP contribution in [0.4, 0.5) is 5.69 Å². The van der Waals surface area contributed by atoms with Crippen LogP contribution in [0, 0.1) is 0 Å². The fourth-order valence-electron chi connectivity index (χ4n) is 4.52. The van der Waals surface area contributed by atoms with Gasteiger partial charge in [-0.1, -0.05) is 13.3 Å². The van der Waals surface area contributed by atoms with Gasteiger partial charge in [0, 0.05) is 31.2 Å². The third-order valence-corrected chi connectivity index (χ3v) is 6.18. The lowest BCUT2D eigenvalue weighted by Gasteiger charge is -2.22. The van der Waals surface area contributed by atoms with E-state index in [4.69, 9.17) is 0 Å². The molecule has 3 heterocycles. The van der Waals surface area contributed by atoms with Crippen LogP contribution in [0.2, 0.25) is 0 Å². The maximum atomic E-state index is 12.9. The number of carbonyl (C=O) groups excluding carboxylic acids is 2. The molecule has 0 spiro atoms. The molecule has 0 aliphatic carbocycles. The standard InChI is InChI=1S/C22H29N5O3/c1-2-26-11-6-7-16(26)14-23-20(28)21(29)24-15-9-10-18-17(13-15)22(30)27-12-5-3-4-8-19(27)25-18/h9-10,13,16H,2-8,11-12,14H2,1H3,(H,23,28)(H,24,29). The van der Waals surface area contributed by atoms with Gasteiger partial charge in [0.2, 0.25) is 0 Å². The minimum atomic E-state index is -0.724. The second kappa shape index (κ2) is 8.95. The van der Waals surface area contributed by atoms with Gasteiger partial charge in [-0.25, -0.2) is 4.98 Å². The van der Waals surface area contributed by atoms with Gasteiger partial charge >= 0.3 is 11.8 Å². The van der Waals surface area contributed by atoms with E-state index < -0.39 is 11.8 Å². The third kappa shape index (κ3) is 4.23. The largest absolute Gasteiger partial charge is 0.346 e. The average molecular weight is 412 g/mol. The second-order valence-corrected chi connectivity index (χ2v) is 8.12. The molecule has 30 heavy (non-hydrogen) atoms. The van der Waals surface area contributed by atoms with E-state index in [2.05, 4.69) is 27.4 Å². The van der Waals surface area contributed by atoms with Crippen molar-refractivity contribution in [1.82, 2.24) is 19.8 Å². The molecule has 2 aliphatic rings. The lowest BCUT2D eigenvalue weighted by Crippen LogP contribution is -2.43. The maximum absolute atomic E-state index is 12.9. The van der Waals surface area contributed by atoms with Crippen LogP contribution in [-0.4, -0.2) is 51.9 Å². The zero-order chi connectivity index (χ0) is 21.1. The number of benzene rings is 1. The van der Waals surface area contributed by atoms with Crippen molar-refractivity contribution in [3.8, 4) is 0 Å². The number of nitrogens with one attached hydrogen (secondary N) is 2. The van der Waals surface area contributed by atoms with Crippen molar-refractivity contribution in [1.29, 1.82) is 0 Å². The first-order chi connectivity index (χ1) is 14.6. The summed E-state index contributed by atoms with van der Waals surface area (Å²) in [5.41, 5.74) is 0.960. The minimum Gasteiger partial charge on any atom is -0.346 e. The number of likely N-dealkylation sites (N-methyl/N-ethyl adjacent to an activating group) is 1. The summed E-state index contributed by atoms with van der Waals surface area (Å²) in [6.07, 6.45) is 6.05. The summed E-state index contributed by atoms with van der Waals surface area (Å²) in [6.45, 7) is 5.22. The Morgan fingerprint density at radius 1 is 1.13 bits per heavy atom. The van der Waals surface area contributed by atoms with E-state index >= 15 is 0 Å². The minimum absolute atomic E-state index is 0.0849. The summed E-state index contributed by atoms with van der Waals surface area (Å²) in [7, 11) is 0. The van der Waals surface area contributed by atoms with E-state index in [0.29, 0.717) is 29.7 Å². The molecule has 2 N–H and O–H groups in total. The molecule has 1 unspecified atom stereocenters. The normalized spacial score (nSPS) is 19.3. The SMILES string of the molecule is CCN1CCCC1CNC(=O)C(=O)Nc1ccc2nc3n(c(=O)c2c1)CCCCC3. The molecular weight excluding hydrogens is 382 g/mol. The number of aryl methyl sites for hydroxylation is 1. The number of aromatic nitrogens is 2. The van der Waals surface area contributed by atoms with Gasteiger partial charge < -0.3 is 10.6 Å². The molecule has 2 amide bonds. The van der Waals surface area contributed by atoms with E-state index in [1.54, 1.807) is 22.8 Å². The number of hydrogen-bond donors (Lipinski definition) is 2. The van der Waals surface area contributed by atoms with Crippen molar-refractivity contribution < 1.29 is 9.59 Å². The predicted molar refractivity (Wildman–Crippen MR) is 115 cm³/mol. The fourth-order valence-corrected chi connectivity index (χ4v) is 4.52. The van der Waals surface area contributed by atoms with Crippen molar-refractivity contribution in [3.63, 3.8) is 0 Å². The summed E-state index contributed by atoms with van der Waals surface area (Å²) in [4.78, 5) is 44.5. The van der Waals surface area contributed by atoms with Crippen molar-refractivity contribution in [3.05, 3.63) is 34.4 Å². The van der Waals surface area contributed by atoms with Crippen molar-refractivity contribution >= 4 is 28.4 Å². The third-order valence-electron chi connectivity index (χ3n) is 6.18. The van der Waals surface area contributed by atoms with Crippen molar-refractivity contribution in [2.45, 2.75) is 58.0 Å². The quantitative estimate of drug-likeness (QED) is 0.746. The summed E-state index contributed by atoms with van der Waals surface area (Å²) in [5.74, 6) is -0.553. The number of rotatable bonds is 4. The first-order valence-electron chi connectivity index (χ1n) is 10.9. The van der Waals surface area contributed by atoms with Crippen LogP contribution >= 0.6 is 0 Å². The highest BCUT2D eigenvalue weighted by Gasteiger charge is 2.24. The summed E-state index contributed by atoms with van der Waals surface area (Å²) in [5, 5.41) is 5.81. The maximum Gasteiger partial charge on any atom is 0.313 e. The Hall–Kier alpha value is -2.74. The van der Waals surface area contributed by atoms with Gasteiger partial charge in [-0.05, 0) is 57.0 Å². The van der Waals surface area contributed by atoms with Crippen molar-refractivity contribution in [2.24, 2.45) is 0 Å². The van der Waals surface area contributed by atoms with E-state index in [9.17, 15) is 14.4 Å². The number of amides is 2. The van der Waals surface area contributed by atoms with E-state index in [0.717, 1.165) is 57.4 Å². The van der Waals surface area contributed by atoms with Crippen LogP contribution < -0.4 is 16.2 Å². The average Bonchev–Trinajstić information content (AvgIpc) is 3.08. The van der Waals surface area contributed by atoms with Crippen LogP contribution in [0.25, 0.3) is 10.9 Å². The fraction of sp³-hybridized carbons (Fsp3) is 0.545. The molecule has 160 valence electrons. The highest BCUT2D eigenvalue weighted by molar-refractivity contribution is 6.39. The second-order valence-electron chi connectivity index (χ2n) is 8.12. The molecule has 8 nitrogen and oxygen atoms in total. The van der Waals surface area contributed by atoms with Gasteiger partial charge in [-0.3, -0.25) is 23.9 Å². The molecule has 1 fully saturated rings. The van der Waals surface area contributed by atoms with Crippen LogP contribution in [0.15, 0.2) is 23.0 Å². The van der Waals surface area contributed by atoms with E-state index in [1.807, 2.05) is 0 Å². The zero-order valence-corrected chi connectivity index (χ0v) is 17.4. The molecule has 0 saturated carbocycles. The lowest BCUT2D eigenvalue weighted by atomic mass is 10.2. The Morgan fingerprint density at radius 2 is 2.00 bits per heavy atom. The van der Waals surface area contributed by atoms with Crippen LogP contribution in [0.1, 0.15) is 44.9 Å². The Kier molecular flexibility index (Phi) is 6.13. The molecule has 1 saturated heterocycles. The highest BCUT2D eigenvalue weighted by atomic mass is 16.2. The Bertz CT molecular complexity index is 1020. The topological polar surface area (TPSA) is 96.3 Å². The smallest absolute Gasteiger partial charge is 0.313 e. The zero-order valence-electron chi connectivity index (χ0n) is 17.4. The van der Waals surface area contributed by atoms with Crippen LogP contribution in [0.5, 0.6) is 0 Å². The summed E-state index contributed by atoms with van der Waals surface area (Å²) < 4.78 is 1.74. The number of likely N-dealkylation sites (tertiary alicyclic amines) is 1. The van der Waals surface area contributed by atoms with Crippen molar-refractivity contribution in [2.75, 3.05) is 25.0 Å². The monoisotopic (exact) mass is 411 g/mol. The number of hydrogen-bond acceptors (Lipinski definition) is 5. The van der Waals surface area contributed by atoms with Crippen LogP contribution in [0.3, 0.4) is 0 Å². The first-order valence-corrected chi connectivity index (χ1v) is 10.9. The molecule has 1 aromatic carbocycles. The Balaban J connectivity index is 1.45. The van der Waals surface area contributed by atoms with Gasteiger partial charge in [-0.15, -0.1) is 0 Å². The van der Waals surface area contributed by atoms with Gasteiger partial charge in [0.15, 0.2) is 0 Å². The number of fused-ring (bicyclic) bond motifs is 2. The molecule has 1 aromatic heterocycles. The Morgan fingerprint density at radius 3 is 2.83 bits per heavy atom. The van der Waals surface area contributed by atoms with Gasteiger partial charge in [-0.2, -0.15) is 0 Å². The number of carbonyl (C=O) groups is 2. The molecule has 0 radical (unpaired) electrons. The summed E-state index contributed by atoms with van der Waals surface area (Å²) in [6, 6.07) is 5.31. The summed E-state index contributed by atoms with van der Waals surface area (Å²) >= 11 is 0. The predicted octanol–water partition coefficient (Wildman–Crippen LogP) is 1.66. The van der Waals surface area contributed by atoms with Gasteiger partial charge in [0.25, 0.3) is 5.56 Å². The number of anilines is 1. The molecule has 0 bridgehead atoms. The molecule has 4 rings (SSSR count). The highest BCUT2D eigenvalue weighted by Crippen LogP contribution is 2.19. The Labute approximate surface area is 175 Å². The van der Waals surface area contributed by atoms with Crippen LogP contribution in [-0.2, 0) is 22.6 Å². The molecular formula is C22H29N5O3. The molecule has 2 aliphatic heterocycles. The van der Waals surface area contributed by atoms with Gasteiger partial charge in [0.1, 0.15) is 5.82 Å². The first kappa shape index (κ1) is 20.5. The molecule has 8 heteroatoms. The number of nitrogens with zero attached hydrogens (tertiary/aromatic N) is 3. The molecule has 2 aromatic rings. The lowest BCUT2D eigenvalue weighted by molar-refractivity contribution is -0.136. The van der Waals surface area contributed by atoms with Gasteiger partial charge in [0.05, 0.1) is 10.9 Å².